The zero-order chi connectivity index (χ0) is 13.0. The van der Waals surface area contributed by atoms with Crippen LogP contribution in [0, 0.1) is 0 Å². The van der Waals surface area contributed by atoms with Crippen molar-refractivity contribution in [3.05, 3.63) is 52.0 Å². The fourth-order valence-electron chi connectivity index (χ4n) is 1.60. The Morgan fingerprint density at radius 1 is 1.44 bits per heavy atom. The molecule has 0 aliphatic rings. The lowest BCUT2D eigenvalue weighted by molar-refractivity contribution is 0.0696. The number of aromatic nitrogens is 1. The Bertz CT molecular complexity index is 525. The van der Waals surface area contributed by atoms with Gasteiger partial charge in [0.05, 0.1) is 5.69 Å². The van der Waals surface area contributed by atoms with Crippen LogP contribution in [0.5, 0.6) is 0 Å². The first kappa shape index (κ1) is 12.7. The molecule has 4 nitrogen and oxygen atoms in total. The van der Waals surface area contributed by atoms with Gasteiger partial charge in [-0.3, -0.25) is 0 Å². The summed E-state index contributed by atoms with van der Waals surface area (Å²) in [5.41, 5.74) is 1.96. The number of carboxylic acid groups (broad SMARTS) is 1. The highest BCUT2D eigenvalue weighted by atomic mass is 32.1. The number of benzene rings is 1. The molecule has 0 bridgehead atoms. The second-order valence-corrected chi connectivity index (χ2v) is 4.82. The highest BCUT2D eigenvalue weighted by molar-refractivity contribution is 7.11. The van der Waals surface area contributed by atoms with E-state index < -0.39 is 5.97 Å². The predicted molar refractivity (Wildman–Crippen MR) is 70.8 cm³/mol. The van der Waals surface area contributed by atoms with E-state index in [0.29, 0.717) is 6.54 Å². The van der Waals surface area contributed by atoms with Crippen LogP contribution in [-0.2, 0) is 6.54 Å². The first-order chi connectivity index (χ1) is 8.66. The normalized spacial score (nSPS) is 12.3. The minimum absolute atomic E-state index is 0.138. The second kappa shape index (κ2) is 5.75. The Labute approximate surface area is 109 Å². The van der Waals surface area contributed by atoms with Gasteiger partial charge in [0.1, 0.15) is 0 Å². The molecule has 18 heavy (non-hydrogen) atoms. The van der Waals surface area contributed by atoms with Gasteiger partial charge in [0.2, 0.25) is 5.01 Å². The van der Waals surface area contributed by atoms with Gasteiger partial charge in [0.15, 0.2) is 0 Å². The summed E-state index contributed by atoms with van der Waals surface area (Å²) in [6.45, 7) is 2.64. The third kappa shape index (κ3) is 3.15. The van der Waals surface area contributed by atoms with E-state index in [1.807, 2.05) is 18.2 Å². The van der Waals surface area contributed by atoms with Crippen LogP contribution < -0.4 is 5.32 Å². The monoisotopic (exact) mass is 262 g/mol. The lowest BCUT2D eigenvalue weighted by atomic mass is 10.1. The standard InChI is InChI=1S/C13H14N2O2S/c1-9(10-5-3-2-4-6-10)14-7-11-8-18-12(15-11)13(16)17/h2-6,8-9,14H,7H2,1H3,(H,16,17). The number of nitrogens with zero attached hydrogens (tertiary/aromatic N) is 1. The topological polar surface area (TPSA) is 62.2 Å². The fraction of sp³-hybridized carbons (Fsp3) is 0.231. The highest BCUT2D eigenvalue weighted by Gasteiger charge is 2.10. The van der Waals surface area contributed by atoms with Crippen LogP contribution in [0.25, 0.3) is 0 Å². The van der Waals surface area contributed by atoms with E-state index in [4.69, 9.17) is 5.11 Å². The lowest BCUT2D eigenvalue weighted by Crippen LogP contribution is -2.18. The van der Waals surface area contributed by atoms with E-state index in [1.165, 1.54) is 5.56 Å². The second-order valence-electron chi connectivity index (χ2n) is 3.96. The minimum Gasteiger partial charge on any atom is -0.476 e. The molecule has 0 fully saturated rings. The van der Waals surface area contributed by atoms with Crippen molar-refractivity contribution in [2.24, 2.45) is 0 Å². The van der Waals surface area contributed by atoms with Gasteiger partial charge in [-0.1, -0.05) is 30.3 Å². The van der Waals surface area contributed by atoms with Gasteiger partial charge in [0, 0.05) is 18.0 Å². The fourth-order valence-corrected chi connectivity index (χ4v) is 2.26. The third-order valence-corrected chi connectivity index (χ3v) is 3.50. The quantitative estimate of drug-likeness (QED) is 0.869. The molecule has 94 valence electrons. The number of hydrogen-bond acceptors (Lipinski definition) is 4. The molecule has 2 aromatic rings. The molecule has 0 amide bonds. The molecule has 2 rings (SSSR count). The van der Waals surface area contributed by atoms with Crippen molar-refractivity contribution in [3.8, 4) is 0 Å². The maximum atomic E-state index is 10.7. The third-order valence-electron chi connectivity index (χ3n) is 2.62. The van der Waals surface area contributed by atoms with Crippen LogP contribution in [-0.4, -0.2) is 16.1 Å². The van der Waals surface area contributed by atoms with Crippen molar-refractivity contribution in [2.45, 2.75) is 19.5 Å². The molecule has 0 radical (unpaired) electrons. The lowest BCUT2D eigenvalue weighted by Gasteiger charge is -2.12. The van der Waals surface area contributed by atoms with Crippen molar-refractivity contribution in [1.82, 2.24) is 10.3 Å². The molecular weight excluding hydrogens is 248 g/mol. The van der Waals surface area contributed by atoms with E-state index in [-0.39, 0.29) is 11.0 Å². The van der Waals surface area contributed by atoms with Crippen LogP contribution in [0.2, 0.25) is 0 Å². The Morgan fingerprint density at radius 2 is 2.17 bits per heavy atom. The number of aromatic carboxylic acids is 1. The molecule has 1 aromatic heterocycles. The van der Waals surface area contributed by atoms with Crippen molar-refractivity contribution in [1.29, 1.82) is 0 Å². The molecule has 0 aliphatic carbocycles. The zero-order valence-electron chi connectivity index (χ0n) is 9.96. The zero-order valence-corrected chi connectivity index (χ0v) is 10.8. The largest absolute Gasteiger partial charge is 0.476 e. The van der Waals surface area contributed by atoms with Gasteiger partial charge in [-0.25, -0.2) is 9.78 Å². The number of carboxylic acids is 1. The number of nitrogens with one attached hydrogen (secondary N) is 1. The molecule has 0 aliphatic heterocycles. The summed E-state index contributed by atoms with van der Waals surface area (Å²) in [6.07, 6.45) is 0. The smallest absolute Gasteiger partial charge is 0.365 e. The molecule has 1 unspecified atom stereocenters. The van der Waals surface area contributed by atoms with Crippen molar-refractivity contribution >= 4 is 17.3 Å². The maximum absolute atomic E-state index is 10.7. The average Bonchev–Trinajstić information content (AvgIpc) is 2.86. The first-order valence-electron chi connectivity index (χ1n) is 5.63. The summed E-state index contributed by atoms with van der Waals surface area (Å²) in [6, 6.07) is 10.3. The summed E-state index contributed by atoms with van der Waals surface area (Å²) in [4.78, 5) is 14.7. The van der Waals surface area contributed by atoms with Crippen molar-refractivity contribution in [3.63, 3.8) is 0 Å². The van der Waals surface area contributed by atoms with Gasteiger partial charge in [0.25, 0.3) is 0 Å². The Balaban J connectivity index is 1.93. The molecule has 1 aromatic carbocycles. The molecule has 0 spiro atoms. The molecule has 5 heteroatoms. The van der Waals surface area contributed by atoms with Gasteiger partial charge >= 0.3 is 5.97 Å². The summed E-state index contributed by atoms with van der Waals surface area (Å²) in [5, 5.41) is 14.0. The summed E-state index contributed by atoms with van der Waals surface area (Å²) in [7, 11) is 0. The SMILES string of the molecule is CC(NCc1csc(C(=O)O)n1)c1ccccc1. The van der Waals surface area contributed by atoms with Crippen LogP contribution >= 0.6 is 11.3 Å². The van der Waals surface area contributed by atoms with E-state index in [2.05, 4.69) is 29.4 Å². The van der Waals surface area contributed by atoms with Gasteiger partial charge in [-0.15, -0.1) is 11.3 Å². The van der Waals surface area contributed by atoms with Crippen LogP contribution in [0.3, 0.4) is 0 Å². The van der Waals surface area contributed by atoms with Crippen LogP contribution in [0.1, 0.15) is 34.0 Å². The molecule has 0 saturated heterocycles. The highest BCUT2D eigenvalue weighted by Crippen LogP contribution is 2.14. The predicted octanol–water partition coefficient (Wildman–Crippen LogP) is 2.69. The van der Waals surface area contributed by atoms with Crippen LogP contribution in [0.15, 0.2) is 35.7 Å². The van der Waals surface area contributed by atoms with E-state index in [0.717, 1.165) is 17.0 Å². The number of rotatable bonds is 5. The van der Waals surface area contributed by atoms with Crippen LogP contribution in [0.4, 0.5) is 0 Å². The summed E-state index contributed by atoms with van der Waals surface area (Å²) < 4.78 is 0. The first-order valence-corrected chi connectivity index (χ1v) is 6.51. The maximum Gasteiger partial charge on any atom is 0.365 e. The van der Waals surface area contributed by atoms with E-state index in [1.54, 1.807) is 5.38 Å². The molecule has 1 atom stereocenters. The van der Waals surface area contributed by atoms with Gasteiger partial charge < -0.3 is 10.4 Å². The van der Waals surface area contributed by atoms with Gasteiger partial charge in [-0.05, 0) is 12.5 Å². The molecule has 2 N–H and O–H groups in total. The van der Waals surface area contributed by atoms with E-state index >= 15 is 0 Å². The average molecular weight is 262 g/mol. The number of hydrogen-bond donors (Lipinski definition) is 2. The number of thiazole rings is 1. The minimum atomic E-state index is -0.970. The summed E-state index contributed by atoms with van der Waals surface area (Å²) in [5.74, 6) is -0.970. The molecule has 0 saturated carbocycles. The number of carbonyl (C=O) groups is 1. The van der Waals surface area contributed by atoms with Crippen molar-refractivity contribution in [2.75, 3.05) is 0 Å². The van der Waals surface area contributed by atoms with Gasteiger partial charge in [-0.2, -0.15) is 0 Å². The summed E-state index contributed by atoms with van der Waals surface area (Å²) >= 11 is 1.15. The molecule has 1 heterocycles. The Morgan fingerprint density at radius 3 is 2.78 bits per heavy atom. The van der Waals surface area contributed by atoms with Crippen molar-refractivity contribution < 1.29 is 9.90 Å². The Hall–Kier alpha value is -1.72. The Kier molecular flexibility index (Phi) is 4.07. The van der Waals surface area contributed by atoms with E-state index in [9.17, 15) is 4.79 Å². The molecular formula is C13H14N2O2S.